The van der Waals surface area contributed by atoms with Gasteiger partial charge < -0.3 is 11.1 Å². The lowest BCUT2D eigenvalue weighted by molar-refractivity contribution is 0.0996. The summed E-state index contributed by atoms with van der Waals surface area (Å²) in [7, 11) is 1.76. The van der Waals surface area contributed by atoms with Gasteiger partial charge >= 0.3 is 0 Å². The molecule has 0 unspecified atom stereocenters. The van der Waals surface area contributed by atoms with Gasteiger partial charge in [0.15, 0.2) is 11.5 Å². The zero-order valence-electron chi connectivity index (χ0n) is 15.0. The van der Waals surface area contributed by atoms with Gasteiger partial charge in [-0.15, -0.1) is 5.10 Å². The van der Waals surface area contributed by atoms with E-state index in [1.165, 1.54) is 4.68 Å². The van der Waals surface area contributed by atoms with E-state index in [1.54, 1.807) is 36.1 Å². The van der Waals surface area contributed by atoms with Crippen LogP contribution in [0.25, 0.3) is 17.1 Å². The quantitative estimate of drug-likeness (QED) is 0.503. The molecule has 0 spiro atoms. The second kappa shape index (κ2) is 7.53. The third kappa shape index (κ3) is 3.65. The van der Waals surface area contributed by atoms with E-state index in [2.05, 4.69) is 25.9 Å². The molecule has 29 heavy (non-hydrogen) atoms. The molecule has 1 amide bonds. The van der Waals surface area contributed by atoms with Gasteiger partial charge in [-0.1, -0.05) is 29.3 Å². The fraction of sp³-hybridized carbons (Fsp3) is 0.0556. The van der Waals surface area contributed by atoms with E-state index >= 15 is 0 Å². The summed E-state index contributed by atoms with van der Waals surface area (Å²) in [5.74, 6) is -0.0493. The average molecular weight is 429 g/mol. The molecule has 0 radical (unpaired) electrons. The van der Waals surface area contributed by atoms with Crippen LogP contribution >= 0.6 is 23.2 Å². The lowest BCUT2D eigenvalue weighted by atomic mass is 10.2. The van der Waals surface area contributed by atoms with Gasteiger partial charge in [-0.25, -0.2) is 9.36 Å². The Morgan fingerprint density at radius 3 is 2.38 bits per heavy atom. The number of carbonyl (C=O) groups excluding carboxylic acids is 1. The first-order chi connectivity index (χ1) is 13.9. The molecule has 0 aliphatic heterocycles. The normalized spacial score (nSPS) is 10.9. The van der Waals surface area contributed by atoms with Gasteiger partial charge in [0.2, 0.25) is 0 Å². The highest BCUT2D eigenvalue weighted by Gasteiger charge is 2.18. The SMILES string of the molecule is Cn1nnnc1-c1ccc(Nc2cn(-c3c(Cl)cccc3Cl)nc2C(N)=O)cc1. The second-order valence-electron chi connectivity index (χ2n) is 6.10. The maximum atomic E-state index is 11.9. The molecule has 0 aliphatic carbocycles. The van der Waals surface area contributed by atoms with Gasteiger partial charge in [0, 0.05) is 18.3 Å². The summed E-state index contributed by atoms with van der Waals surface area (Å²) in [5, 5.41) is 19.6. The summed E-state index contributed by atoms with van der Waals surface area (Å²) in [4.78, 5) is 11.9. The Hall–Kier alpha value is -3.43. The highest BCUT2D eigenvalue weighted by molar-refractivity contribution is 6.37. The summed E-state index contributed by atoms with van der Waals surface area (Å²) in [5.41, 5.74) is 7.99. The van der Waals surface area contributed by atoms with Crippen molar-refractivity contribution in [3.05, 3.63) is 64.4 Å². The maximum Gasteiger partial charge on any atom is 0.271 e. The predicted octanol–water partition coefficient (Wildman–Crippen LogP) is 3.21. The molecule has 0 bridgehead atoms. The van der Waals surface area contributed by atoms with E-state index in [-0.39, 0.29) is 5.69 Å². The predicted molar refractivity (Wildman–Crippen MR) is 110 cm³/mol. The van der Waals surface area contributed by atoms with Crippen LogP contribution in [0.5, 0.6) is 0 Å². The van der Waals surface area contributed by atoms with Crippen molar-refractivity contribution >= 4 is 40.5 Å². The number of hydrogen-bond acceptors (Lipinski definition) is 6. The van der Waals surface area contributed by atoms with Gasteiger partial charge in [0.25, 0.3) is 5.91 Å². The molecule has 2 aromatic carbocycles. The summed E-state index contributed by atoms with van der Waals surface area (Å²) in [6.45, 7) is 0. The largest absolute Gasteiger partial charge is 0.364 e. The van der Waals surface area contributed by atoms with Crippen molar-refractivity contribution in [1.82, 2.24) is 30.0 Å². The van der Waals surface area contributed by atoms with Gasteiger partial charge in [-0.2, -0.15) is 5.10 Å². The topological polar surface area (TPSA) is 117 Å². The highest BCUT2D eigenvalue weighted by atomic mass is 35.5. The Kier molecular flexibility index (Phi) is 4.91. The first kappa shape index (κ1) is 18.9. The Morgan fingerprint density at radius 1 is 1.10 bits per heavy atom. The summed E-state index contributed by atoms with van der Waals surface area (Å²) < 4.78 is 3.00. The number of nitrogens with one attached hydrogen (secondary N) is 1. The monoisotopic (exact) mass is 428 g/mol. The second-order valence-corrected chi connectivity index (χ2v) is 6.91. The highest BCUT2D eigenvalue weighted by Crippen LogP contribution is 2.30. The molecule has 0 saturated carbocycles. The molecule has 4 aromatic rings. The van der Waals surface area contributed by atoms with Gasteiger partial charge in [0.1, 0.15) is 5.69 Å². The van der Waals surface area contributed by atoms with Gasteiger partial charge in [-0.05, 0) is 46.8 Å². The van der Waals surface area contributed by atoms with E-state index < -0.39 is 5.91 Å². The van der Waals surface area contributed by atoms with E-state index in [0.717, 1.165) is 11.3 Å². The summed E-state index contributed by atoms with van der Waals surface area (Å²) in [6.07, 6.45) is 1.60. The molecule has 9 nitrogen and oxygen atoms in total. The number of nitrogens with zero attached hydrogens (tertiary/aromatic N) is 6. The van der Waals surface area contributed by atoms with Crippen LogP contribution in [0.1, 0.15) is 10.5 Å². The number of benzene rings is 2. The number of rotatable bonds is 5. The van der Waals surface area contributed by atoms with Crippen molar-refractivity contribution in [1.29, 1.82) is 0 Å². The van der Waals surface area contributed by atoms with Crippen LogP contribution < -0.4 is 11.1 Å². The van der Waals surface area contributed by atoms with Crippen molar-refractivity contribution in [2.75, 3.05) is 5.32 Å². The zero-order valence-corrected chi connectivity index (χ0v) is 16.6. The lowest BCUT2D eigenvalue weighted by Gasteiger charge is -2.07. The number of aryl methyl sites for hydroxylation is 1. The van der Waals surface area contributed by atoms with Crippen LogP contribution in [0.3, 0.4) is 0 Å². The fourth-order valence-corrected chi connectivity index (χ4v) is 3.37. The number of tetrazole rings is 1. The molecular weight excluding hydrogens is 415 g/mol. The van der Waals surface area contributed by atoms with Crippen LogP contribution in [-0.4, -0.2) is 35.9 Å². The Bertz CT molecular complexity index is 1180. The molecular formula is C18H14Cl2N8O. The molecule has 146 valence electrons. The molecule has 11 heteroatoms. The van der Waals surface area contributed by atoms with Crippen LogP contribution in [0.15, 0.2) is 48.7 Å². The molecule has 2 aromatic heterocycles. The third-order valence-corrected chi connectivity index (χ3v) is 4.77. The minimum absolute atomic E-state index is 0.0579. The summed E-state index contributed by atoms with van der Waals surface area (Å²) >= 11 is 12.5. The van der Waals surface area contributed by atoms with E-state index in [1.807, 2.05) is 24.3 Å². The van der Waals surface area contributed by atoms with Crippen LogP contribution in [-0.2, 0) is 7.05 Å². The van der Waals surface area contributed by atoms with Crippen LogP contribution in [0, 0.1) is 0 Å². The number of para-hydroxylation sites is 1. The molecule has 0 saturated heterocycles. The van der Waals surface area contributed by atoms with Crippen molar-refractivity contribution in [2.24, 2.45) is 12.8 Å². The molecule has 4 rings (SSSR count). The summed E-state index contributed by atoms with van der Waals surface area (Å²) in [6, 6.07) is 12.5. The number of amides is 1. The first-order valence-corrected chi connectivity index (χ1v) is 9.13. The number of anilines is 2. The van der Waals surface area contributed by atoms with Crippen molar-refractivity contribution in [3.8, 4) is 17.1 Å². The number of aromatic nitrogens is 6. The Labute approximate surface area is 175 Å². The molecule has 0 fully saturated rings. The molecule has 3 N–H and O–H groups in total. The van der Waals surface area contributed by atoms with Gasteiger partial charge in [-0.3, -0.25) is 4.79 Å². The van der Waals surface area contributed by atoms with E-state index in [9.17, 15) is 4.79 Å². The third-order valence-electron chi connectivity index (χ3n) is 4.16. The fourth-order valence-electron chi connectivity index (χ4n) is 2.80. The smallest absolute Gasteiger partial charge is 0.271 e. The molecule has 2 heterocycles. The number of carbonyl (C=O) groups is 1. The standard InChI is InChI=1S/C18H14Cl2N8O/c1-27-18(23-25-26-27)10-5-7-11(8-6-10)22-14-9-28(24-15(14)17(21)29)16-12(19)3-2-4-13(16)20/h2-9,22H,1H3,(H2,21,29). The molecule has 0 aliphatic rings. The Morgan fingerprint density at radius 2 is 1.79 bits per heavy atom. The number of hydrogen-bond donors (Lipinski definition) is 2. The van der Waals surface area contributed by atoms with Crippen molar-refractivity contribution < 1.29 is 4.79 Å². The number of primary amides is 1. The first-order valence-electron chi connectivity index (χ1n) is 8.37. The van der Waals surface area contributed by atoms with Crippen LogP contribution in [0.2, 0.25) is 10.0 Å². The zero-order chi connectivity index (χ0) is 20.5. The van der Waals surface area contributed by atoms with Crippen LogP contribution in [0.4, 0.5) is 11.4 Å². The maximum absolute atomic E-state index is 11.9. The minimum Gasteiger partial charge on any atom is -0.364 e. The van der Waals surface area contributed by atoms with E-state index in [0.29, 0.717) is 27.2 Å². The average Bonchev–Trinajstić information content (AvgIpc) is 3.29. The molecule has 0 atom stereocenters. The van der Waals surface area contributed by atoms with Crippen molar-refractivity contribution in [2.45, 2.75) is 0 Å². The Balaban J connectivity index is 1.67. The van der Waals surface area contributed by atoms with E-state index in [4.69, 9.17) is 28.9 Å². The minimum atomic E-state index is -0.684. The number of halogens is 2. The lowest BCUT2D eigenvalue weighted by Crippen LogP contribution is -2.14. The van der Waals surface area contributed by atoms with Gasteiger partial charge in [0.05, 0.1) is 21.9 Å². The van der Waals surface area contributed by atoms with Crippen molar-refractivity contribution in [3.63, 3.8) is 0 Å². The number of nitrogens with two attached hydrogens (primary N) is 1.